The van der Waals surface area contributed by atoms with Crippen LogP contribution in [-0.2, 0) is 6.54 Å². The van der Waals surface area contributed by atoms with Gasteiger partial charge in [-0.1, -0.05) is 34.4 Å². The van der Waals surface area contributed by atoms with Crippen molar-refractivity contribution in [3.63, 3.8) is 0 Å². The standard InChI is InChI=1S/C15H14Cl2N2O2/c1-19(8-9-2-5-11(16)12(17)6-9)15(20)13-7-14(21-18-13)10-3-4-10/h2,5-7,10H,3-4,8H2,1H3. The van der Waals surface area contributed by atoms with E-state index in [0.717, 1.165) is 24.2 Å². The van der Waals surface area contributed by atoms with Crippen LogP contribution in [0.25, 0.3) is 0 Å². The predicted molar refractivity (Wildman–Crippen MR) is 80.7 cm³/mol. The van der Waals surface area contributed by atoms with Gasteiger partial charge in [0.1, 0.15) is 5.76 Å². The maximum Gasteiger partial charge on any atom is 0.276 e. The molecule has 0 spiro atoms. The number of nitrogens with zero attached hydrogens (tertiary/aromatic N) is 2. The lowest BCUT2D eigenvalue weighted by molar-refractivity contribution is 0.0774. The number of halogens is 2. The molecule has 0 radical (unpaired) electrons. The summed E-state index contributed by atoms with van der Waals surface area (Å²) in [4.78, 5) is 13.9. The zero-order valence-corrected chi connectivity index (χ0v) is 13.0. The highest BCUT2D eigenvalue weighted by atomic mass is 35.5. The summed E-state index contributed by atoms with van der Waals surface area (Å²) in [6, 6.07) is 7.06. The van der Waals surface area contributed by atoms with Crippen molar-refractivity contribution in [2.45, 2.75) is 25.3 Å². The van der Waals surface area contributed by atoms with E-state index in [1.165, 1.54) is 0 Å². The van der Waals surface area contributed by atoms with E-state index in [0.29, 0.717) is 28.2 Å². The first kappa shape index (κ1) is 14.4. The van der Waals surface area contributed by atoms with Crippen molar-refractivity contribution in [1.29, 1.82) is 0 Å². The van der Waals surface area contributed by atoms with Crippen LogP contribution in [0, 0.1) is 0 Å². The second-order valence-electron chi connectivity index (χ2n) is 5.30. The highest BCUT2D eigenvalue weighted by Gasteiger charge is 2.29. The number of carbonyl (C=O) groups is 1. The molecular weight excluding hydrogens is 311 g/mol. The molecule has 1 aliphatic carbocycles. The third-order valence-electron chi connectivity index (χ3n) is 3.48. The van der Waals surface area contributed by atoms with E-state index in [4.69, 9.17) is 27.7 Å². The minimum atomic E-state index is -0.170. The molecule has 3 rings (SSSR count). The lowest BCUT2D eigenvalue weighted by Gasteiger charge is -2.16. The first-order chi connectivity index (χ1) is 10.0. The number of amides is 1. The fraction of sp³-hybridized carbons (Fsp3) is 0.333. The average Bonchev–Trinajstić information content (AvgIpc) is 3.20. The van der Waals surface area contributed by atoms with Gasteiger partial charge in [0, 0.05) is 25.6 Å². The molecule has 110 valence electrons. The second kappa shape index (κ2) is 5.70. The number of hydrogen-bond donors (Lipinski definition) is 0. The number of aromatic nitrogens is 1. The Bertz CT molecular complexity index is 680. The minimum Gasteiger partial charge on any atom is -0.360 e. The Morgan fingerprint density at radius 3 is 2.76 bits per heavy atom. The van der Waals surface area contributed by atoms with Crippen molar-refractivity contribution in [2.75, 3.05) is 7.05 Å². The van der Waals surface area contributed by atoms with Gasteiger partial charge in [-0.3, -0.25) is 4.79 Å². The number of rotatable bonds is 4. The molecule has 1 amide bonds. The van der Waals surface area contributed by atoms with Crippen LogP contribution in [0.1, 0.15) is 40.6 Å². The SMILES string of the molecule is CN(Cc1ccc(Cl)c(Cl)c1)C(=O)c1cc(C2CC2)on1. The van der Waals surface area contributed by atoms with Gasteiger partial charge in [-0.15, -0.1) is 0 Å². The number of hydrogen-bond acceptors (Lipinski definition) is 3. The summed E-state index contributed by atoms with van der Waals surface area (Å²) in [5, 5.41) is 4.84. The molecule has 1 fully saturated rings. The molecular formula is C15H14Cl2N2O2. The van der Waals surface area contributed by atoms with Crippen LogP contribution >= 0.6 is 23.2 Å². The first-order valence-corrected chi connectivity index (χ1v) is 7.46. The monoisotopic (exact) mass is 324 g/mol. The molecule has 2 aromatic rings. The lowest BCUT2D eigenvalue weighted by Crippen LogP contribution is -2.26. The molecule has 0 saturated heterocycles. The van der Waals surface area contributed by atoms with Gasteiger partial charge in [-0.05, 0) is 30.5 Å². The van der Waals surface area contributed by atoms with Crippen LogP contribution < -0.4 is 0 Å². The maximum absolute atomic E-state index is 12.3. The van der Waals surface area contributed by atoms with Crippen LogP contribution in [0.2, 0.25) is 10.0 Å². The Morgan fingerprint density at radius 2 is 2.10 bits per heavy atom. The third kappa shape index (κ3) is 3.22. The zero-order valence-electron chi connectivity index (χ0n) is 11.5. The molecule has 4 nitrogen and oxygen atoms in total. The normalized spacial score (nSPS) is 14.2. The van der Waals surface area contributed by atoms with Crippen molar-refractivity contribution in [1.82, 2.24) is 10.1 Å². The molecule has 0 bridgehead atoms. The van der Waals surface area contributed by atoms with Crippen molar-refractivity contribution in [3.05, 3.63) is 51.3 Å². The highest BCUT2D eigenvalue weighted by molar-refractivity contribution is 6.42. The quantitative estimate of drug-likeness (QED) is 0.849. The Morgan fingerprint density at radius 1 is 1.33 bits per heavy atom. The van der Waals surface area contributed by atoms with Gasteiger partial charge in [0.2, 0.25) is 0 Å². The molecule has 1 aromatic heterocycles. The van der Waals surface area contributed by atoms with E-state index in [1.54, 1.807) is 30.1 Å². The summed E-state index contributed by atoms with van der Waals surface area (Å²) >= 11 is 11.9. The van der Waals surface area contributed by atoms with E-state index < -0.39 is 0 Å². The summed E-state index contributed by atoms with van der Waals surface area (Å²) in [5.41, 5.74) is 1.26. The Labute approximate surface area is 132 Å². The molecule has 1 saturated carbocycles. The molecule has 1 aromatic carbocycles. The van der Waals surface area contributed by atoms with Gasteiger partial charge < -0.3 is 9.42 Å². The maximum atomic E-state index is 12.3. The van der Waals surface area contributed by atoms with Gasteiger partial charge in [0.25, 0.3) is 5.91 Å². The van der Waals surface area contributed by atoms with Crippen LogP contribution in [0.3, 0.4) is 0 Å². The Hall–Kier alpha value is -1.52. The molecule has 1 aliphatic rings. The first-order valence-electron chi connectivity index (χ1n) is 6.70. The smallest absolute Gasteiger partial charge is 0.276 e. The van der Waals surface area contributed by atoms with E-state index in [2.05, 4.69) is 5.16 Å². The predicted octanol–water partition coefficient (Wildman–Crippen LogP) is 4.13. The lowest BCUT2D eigenvalue weighted by atomic mass is 10.2. The van der Waals surface area contributed by atoms with E-state index in [9.17, 15) is 4.79 Å². The fourth-order valence-electron chi connectivity index (χ4n) is 2.13. The number of carbonyl (C=O) groups excluding carboxylic acids is 1. The molecule has 0 aliphatic heterocycles. The topological polar surface area (TPSA) is 46.3 Å². The van der Waals surface area contributed by atoms with Crippen molar-refractivity contribution >= 4 is 29.1 Å². The summed E-state index contributed by atoms with van der Waals surface area (Å²) in [6.45, 7) is 0.432. The molecule has 1 heterocycles. The third-order valence-corrected chi connectivity index (χ3v) is 4.22. The Balaban J connectivity index is 1.69. The van der Waals surface area contributed by atoms with E-state index in [-0.39, 0.29) is 5.91 Å². The summed E-state index contributed by atoms with van der Waals surface area (Å²) in [5.74, 6) is 1.08. The van der Waals surface area contributed by atoms with Crippen LogP contribution in [0.5, 0.6) is 0 Å². The highest BCUT2D eigenvalue weighted by Crippen LogP contribution is 2.40. The van der Waals surface area contributed by atoms with Crippen molar-refractivity contribution in [3.8, 4) is 0 Å². The minimum absolute atomic E-state index is 0.170. The Kier molecular flexibility index (Phi) is 3.91. The summed E-state index contributed by atoms with van der Waals surface area (Å²) in [7, 11) is 1.72. The number of benzene rings is 1. The molecule has 0 atom stereocenters. The van der Waals surface area contributed by atoms with Gasteiger partial charge in [0.05, 0.1) is 10.0 Å². The fourth-order valence-corrected chi connectivity index (χ4v) is 2.45. The molecule has 6 heteroatoms. The molecule has 0 N–H and O–H groups in total. The zero-order chi connectivity index (χ0) is 15.0. The van der Waals surface area contributed by atoms with Gasteiger partial charge >= 0.3 is 0 Å². The van der Waals surface area contributed by atoms with Crippen molar-refractivity contribution in [2.24, 2.45) is 0 Å². The van der Waals surface area contributed by atoms with E-state index >= 15 is 0 Å². The summed E-state index contributed by atoms with van der Waals surface area (Å²) < 4.78 is 5.21. The average molecular weight is 325 g/mol. The van der Waals surface area contributed by atoms with E-state index in [1.807, 2.05) is 6.07 Å². The van der Waals surface area contributed by atoms with Gasteiger partial charge in [0.15, 0.2) is 5.69 Å². The van der Waals surface area contributed by atoms with Gasteiger partial charge in [-0.25, -0.2) is 0 Å². The largest absolute Gasteiger partial charge is 0.360 e. The van der Waals surface area contributed by atoms with Crippen molar-refractivity contribution < 1.29 is 9.32 Å². The molecule has 21 heavy (non-hydrogen) atoms. The van der Waals surface area contributed by atoms with Crippen LogP contribution in [0.15, 0.2) is 28.8 Å². The van der Waals surface area contributed by atoms with Crippen LogP contribution in [0.4, 0.5) is 0 Å². The van der Waals surface area contributed by atoms with Crippen LogP contribution in [-0.4, -0.2) is 23.0 Å². The molecule has 0 unspecified atom stereocenters. The summed E-state index contributed by atoms with van der Waals surface area (Å²) in [6.07, 6.45) is 2.23. The second-order valence-corrected chi connectivity index (χ2v) is 6.11. The van der Waals surface area contributed by atoms with Gasteiger partial charge in [-0.2, -0.15) is 0 Å².